The largest absolute Gasteiger partial charge is 0.454 e. The lowest BCUT2D eigenvalue weighted by Gasteiger charge is -2.22. The summed E-state index contributed by atoms with van der Waals surface area (Å²) in [5, 5.41) is 4.86. The zero-order valence-corrected chi connectivity index (χ0v) is 17.6. The minimum atomic E-state index is -3.96. The second-order valence-corrected chi connectivity index (χ2v) is 8.87. The highest BCUT2D eigenvalue weighted by molar-refractivity contribution is 7.89. The molecule has 0 unspecified atom stereocenters. The first-order chi connectivity index (χ1) is 15.3. The molecule has 2 aliphatic heterocycles. The number of carbonyl (C=O) groups is 2. The minimum Gasteiger partial charge on any atom is -0.454 e. The summed E-state index contributed by atoms with van der Waals surface area (Å²) < 4.78 is 55.6. The number of carbonyl (C=O) groups excluding carboxylic acids is 2. The van der Waals surface area contributed by atoms with Crippen molar-refractivity contribution in [1.29, 1.82) is 0 Å². The van der Waals surface area contributed by atoms with Gasteiger partial charge in [-0.25, -0.2) is 12.8 Å². The summed E-state index contributed by atoms with van der Waals surface area (Å²) >= 11 is 0. The molecule has 10 nitrogen and oxygen atoms in total. The SMILES string of the molecule is O=C(NCc1ccc2c(c1)OCO2)C(=O)NC[C@@H]1OCCN1S(=O)(=O)c1ccc(F)cc1. The number of rotatable bonds is 6. The van der Waals surface area contributed by atoms with Gasteiger partial charge in [0.05, 0.1) is 18.0 Å². The molecule has 1 fully saturated rings. The molecular weight excluding hydrogens is 445 g/mol. The standard InChI is InChI=1S/C20H20FN3O7S/c21-14-2-4-15(5-3-14)32(27,28)24-7-8-29-18(24)11-23-20(26)19(25)22-10-13-1-6-16-17(9-13)31-12-30-16/h1-6,9,18H,7-8,10-12H2,(H,22,25)(H,23,26)/t18-/m0/s1. The van der Waals surface area contributed by atoms with Gasteiger partial charge in [0, 0.05) is 13.1 Å². The lowest BCUT2D eigenvalue weighted by Crippen LogP contribution is -2.47. The third-order valence-corrected chi connectivity index (χ3v) is 6.80. The number of halogens is 1. The Morgan fingerprint density at radius 3 is 2.53 bits per heavy atom. The van der Waals surface area contributed by atoms with Crippen LogP contribution in [0.2, 0.25) is 0 Å². The van der Waals surface area contributed by atoms with Gasteiger partial charge in [-0.3, -0.25) is 9.59 Å². The second kappa shape index (κ2) is 9.10. The molecule has 1 atom stereocenters. The van der Waals surface area contributed by atoms with Crippen LogP contribution in [0.4, 0.5) is 4.39 Å². The number of hydrogen-bond acceptors (Lipinski definition) is 7. The first-order valence-electron chi connectivity index (χ1n) is 9.68. The average Bonchev–Trinajstić information content (AvgIpc) is 3.45. The van der Waals surface area contributed by atoms with Crippen molar-refractivity contribution in [2.45, 2.75) is 17.7 Å². The van der Waals surface area contributed by atoms with E-state index >= 15 is 0 Å². The van der Waals surface area contributed by atoms with Gasteiger partial charge >= 0.3 is 11.8 Å². The van der Waals surface area contributed by atoms with Gasteiger partial charge in [-0.2, -0.15) is 4.31 Å². The lowest BCUT2D eigenvalue weighted by atomic mass is 10.2. The van der Waals surface area contributed by atoms with Crippen LogP contribution in [0, 0.1) is 5.82 Å². The lowest BCUT2D eigenvalue weighted by molar-refractivity contribution is -0.139. The van der Waals surface area contributed by atoms with E-state index in [2.05, 4.69) is 10.6 Å². The molecule has 4 rings (SSSR count). The zero-order valence-electron chi connectivity index (χ0n) is 16.7. The highest BCUT2D eigenvalue weighted by atomic mass is 32.2. The van der Waals surface area contributed by atoms with Crippen LogP contribution < -0.4 is 20.1 Å². The number of ether oxygens (including phenoxy) is 3. The van der Waals surface area contributed by atoms with Crippen LogP contribution in [-0.2, 0) is 30.9 Å². The number of benzene rings is 2. The fourth-order valence-electron chi connectivity index (χ4n) is 3.26. The number of fused-ring (bicyclic) bond motifs is 1. The third-order valence-electron chi connectivity index (χ3n) is 4.90. The van der Waals surface area contributed by atoms with E-state index in [0.29, 0.717) is 17.1 Å². The Balaban J connectivity index is 1.30. The smallest absolute Gasteiger partial charge is 0.309 e. The van der Waals surface area contributed by atoms with Crippen LogP contribution in [0.3, 0.4) is 0 Å². The molecule has 0 bridgehead atoms. The summed E-state index contributed by atoms with van der Waals surface area (Å²) in [5.41, 5.74) is 0.714. The number of amides is 2. The van der Waals surface area contributed by atoms with E-state index in [4.69, 9.17) is 14.2 Å². The van der Waals surface area contributed by atoms with Gasteiger partial charge in [-0.1, -0.05) is 6.07 Å². The summed E-state index contributed by atoms with van der Waals surface area (Å²) in [6, 6.07) is 9.54. The molecule has 170 valence electrons. The Morgan fingerprint density at radius 2 is 1.75 bits per heavy atom. The Labute approximate surface area is 183 Å². The van der Waals surface area contributed by atoms with Gasteiger partial charge in [0.25, 0.3) is 0 Å². The van der Waals surface area contributed by atoms with Crippen LogP contribution >= 0.6 is 0 Å². The molecule has 0 saturated carbocycles. The van der Waals surface area contributed by atoms with E-state index in [1.807, 2.05) is 0 Å². The number of hydrogen-bond donors (Lipinski definition) is 2. The number of sulfonamides is 1. The summed E-state index contributed by atoms with van der Waals surface area (Å²) in [6.07, 6.45) is -0.990. The van der Waals surface area contributed by atoms with Gasteiger partial charge in [0.1, 0.15) is 12.0 Å². The maximum atomic E-state index is 13.1. The molecular formula is C20H20FN3O7S. The van der Waals surface area contributed by atoms with Gasteiger partial charge in [-0.05, 0) is 42.0 Å². The fraction of sp³-hybridized carbons (Fsp3) is 0.300. The zero-order chi connectivity index (χ0) is 22.7. The first-order valence-corrected chi connectivity index (χ1v) is 11.1. The predicted octanol–water partition coefficient (Wildman–Crippen LogP) is 0.334. The highest BCUT2D eigenvalue weighted by Crippen LogP contribution is 2.32. The molecule has 2 amide bonds. The molecule has 0 aliphatic carbocycles. The number of nitrogens with one attached hydrogen (secondary N) is 2. The molecule has 12 heteroatoms. The first kappa shape index (κ1) is 22.0. The Kier molecular flexibility index (Phi) is 6.26. The molecule has 2 aliphatic rings. The van der Waals surface area contributed by atoms with Crippen molar-refractivity contribution in [3.8, 4) is 11.5 Å². The van der Waals surface area contributed by atoms with Gasteiger partial charge < -0.3 is 24.8 Å². The molecule has 2 heterocycles. The van der Waals surface area contributed by atoms with E-state index < -0.39 is 33.9 Å². The van der Waals surface area contributed by atoms with Crippen molar-refractivity contribution in [3.05, 3.63) is 53.8 Å². The van der Waals surface area contributed by atoms with Crippen LogP contribution in [0.15, 0.2) is 47.4 Å². The van der Waals surface area contributed by atoms with Gasteiger partial charge in [-0.15, -0.1) is 0 Å². The van der Waals surface area contributed by atoms with E-state index in [0.717, 1.165) is 28.6 Å². The molecule has 2 aromatic carbocycles. The van der Waals surface area contributed by atoms with Crippen LogP contribution in [-0.4, -0.2) is 57.3 Å². The van der Waals surface area contributed by atoms with E-state index in [1.165, 1.54) is 0 Å². The molecule has 0 aromatic heterocycles. The molecule has 32 heavy (non-hydrogen) atoms. The molecule has 1 saturated heterocycles. The van der Waals surface area contributed by atoms with Crippen molar-refractivity contribution in [3.63, 3.8) is 0 Å². The highest BCUT2D eigenvalue weighted by Gasteiger charge is 2.36. The van der Waals surface area contributed by atoms with E-state index in [9.17, 15) is 22.4 Å². The maximum Gasteiger partial charge on any atom is 0.309 e. The van der Waals surface area contributed by atoms with Crippen LogP contribution in [0.5, 0.6) is 11.5 Å². The van der Waals surface area contributed by atoms with Crippen molar-refractivity contribution in [2.24, 2.45) is 0 Å². The van der Waals surface area contributed by atoms with Crippen molar-refractivity contribution in [2.75, 3.05) is 26.5 Å². The molecule has 0 spiro atoms. The van der Waals surface area contributed by atoms with Gasteiger partial charge in [0.15, 0.2) is 11.5 Å². The van der Waals surface area contributed by atoms with Gasteiger partial charge in [0.2, 0.25) is 16.8 Å². The summed E-state index contributed by atoms with van der Waals surface area (Å²) in [5.74, 6) is -1.21. The monoisotopic (exact) mass is 465 g/mol. The normalized spacial score (nSPS) is 17.8. The topological polar surface area (TPSA) is 123 Å². The van der Waals surface area contributed by atoms with Crippen molar-refractivity contribution >= 4 is 21.8 Å². The second-order valence-electron chi connectivity index (χ2n) is 6.98. The average molecular weight is 465 g/mol. The third kappa shape index (κ3) is 4.66. The van der Waals surface area contributed by atoms with Crippen molar-refractivity contribution in [1.82, 2.24) is 14.9 Å². The van der Waals surface area contributed by atoms with E-state index in [-0.39, 0.29) is 37.9 Å². The van der Waals surface area contributed by atoms with E-state index in [1.54, 1.807) is 18.2 Å². The summed E-state index contributed by atoms with van der Waals surface area (Å²) in [4.78, 5) is 24.1. The summed E-state index contributed by atoms with van der Waals surface area (Å²) in [6.45, 7) is 0.184. The molecule has 0 radical (unpaired) electrons. The predicted molar refractivity (Wildman–Crippen MR) is 107 cm³/mol. The Morgan fingerprint density at radius 1 is 1.03 bits per heavy atom. The maximum absolute atomic E-state index is 13.1. The fourth-order valence-corrected chi connectivity index (χ4v) is 4.77. The van der Waals surface area contributed by atoms with Crippen molar-refractivity contribution < 1.29 is 36.6 Å². The van der Waals surface area contributed by atoms with Crippen LogP contribution in [0.1, 0.15) is 5.56 Å². The quantitative estimate of drug-likeness (QED) is 0.590. The number of nitrogens with zero attached hydrogens (tertiary/aromatic N) is 1. The minimum absolute atomic E-state index is 0.0660. The van der Waals surface area contributed by atoms with Crippen LogP contribution in [0.25, 0.3) is 0 Å². The molecule has 2 aromatic rings. The Hall–Kier alpha value is -3.22. The summed E-state index contributed by atoms with van der Waals surface area (Å²) in [7, 11) is -3.96. The Bertz CT molecular complexity index is 1120. The molecule has 2 N–H and O–H groups in total.